The average molecular weight is 286 g/mol. The molecule has 0 aliphatic carbocycles. The predicted molar refractivity (Wildman–Crippen MR) is 86.7 cm³/mol. The van der Waals surface area contributed by atoms with Crippen molar-refractivity contribution in [1.29, 1.82) is 0 Å². The molecular weight excluding hydrogens is 260 g/mol. The SMILES string of the molecule is CC(C)(C)NCc1cnnn1-c1ccccc1C(C)(C)C. The molecule has 1 aromatic heterocycles. The summed E-state index contributed by atoms with van der Waals surface area (Å²) in [5, 5.41) is 11.9. The van der Waals surface area contributed by atoms with Crippen molar-refractivity contribution in [3.8, 4) is 5.69 Å². The average Bonchev–Trinajstić information content (AvgIpc) is 2.82. The molecule has 0 saturated heterocycles. The molecule has 0 atom stereocenters. The molecule has 0 aliphatic rings. The first-order valence-corrected chi connectivity index (χ1v) is 7.43. The van der Waals surface area contributed by atoms with Gasteiger partial charge in [0.05, 0.1) is 17.6 Å². The summed E-state index contributed by atoms with van der Waals surface area (Å²) in [5.41, 5.74) is 3.58. The fourth-order valence-electron chi connectivity index (χ4n) is 2.23. The van der Waals surface area contributed by atoms with Crippen LogP contribution in [0.4, 0.5) is 0 Å². The Labute approximate surface area is 127 Å². The van der Waals surface area contributed by atoms with E-state index in [2.05, 4.69) is 75.4 Å². The molecule has 21 heavy (non-hydrogen) atoms. The van der Waals surface area contributed by atoms with Crippen molar-refractivity contribution >= 4 is 0 Å². The summed E-state index contributed by atoms with van der Waals surface area (Å²) in [7, 11) is 0. The summed E-state index contributed by atoms with van der Waals surface area (Å²) in [6.07, 6.45) is 1.83. The van der Waals surface area contributed by atoms with Crippen molar-refractivity contribution in [3.05, 3.63) is 41.7 Å². The molecule has 0 amide bonds. The summed E-state index contributed by atoms with van der Waals surface area (Å²) < 4.78 is 1.94. The van der Waals surface area contributed by atoms with E-state index in [4.69, 9.17) is 0 Å². The van der Waals surface area contributed by atoms with Crippen molar-refractivity contribution in [1.82, 2.24) is 20.3 Å². The molecule has 1 aromatic carbocycles. The maximum atomic E-state index is 4.29. The number of nitrogens with zero attached hydrogens (tertiary/aromatic N) is 3. The van der Waals surface area contributed by atoms with Crippen molar-refractivity contribution in [2.24, 2.45) is 0 Å². The Morgan fingerprint density at radius 1 is 1.05 bits per heavy atom. The molecule has 0 radical (unpaired) electrons. The molecule has 2 aromatic rings. The highest BCUT2D eigenvalue weighted by Gasteiger charge is 2.20. The Morgan fingerprint density at radius 3 is 2.33 bits per heavy atom. The molecule has 0 fully saturated rings. The molecule has 0 bridgehead atoms. The van der Waals surface area contributed by atoms with Crippen LogP contribution in [0.15, 0.2) is 30.5 Å². The summed E-state index contributed by atoms with van der Waals surface area (Å²) in [6, 6.07) is 8.40. The monoisotopic (exact) mass is 286 g/mol. The van der Waals surface area contributed by atoms with E-state index in [0.29, 0.717) is 0 Å². The highest BCUT2D eigenvalue weighted by molar-refractivity contribution is 5.45. The summed E-state index contributed by atoms with van der Waals surface area (Å²) in [6.45, 7) is 13.9. The van der Waals surface area contributed by atoms with E-state index >= 15 is 0 Å². The smallest absolute Gasteiger partial charge is 0.0783 e. The van der Waals surface area contributed by atoms with E-state index in [9.17, 15) is 0 Å². The van der Waals surface area contributed by atoms with Crippen LogP contribution in [0.3, 0.4) is 0 Å². The van der Waals surface area contributed by atoms with E-state index in [1.54, 1.807) is 0 Å². The molecule has 0 aliphatic heterocycles. The van der Waals surface area contributed by atoms with Gasteiger partial charge >= 0.3 is 0 Å². The van der Waals surface area contributed by atoms with Gasteiger partial charge in [0, 0.05) is 12.1 Å². The van der Waals surface area contributed by atoms with E-state index in [1.165, 1.54) is 5.56 Å². The largest absolute Gasteiger partial charge is 0.306 e. The second kappa shape index (κ2) is 5.60. The molecule has 4 heteroatoms. The van der Waals surface area contributed by atoms with Crippen LogP contribution < -0.4 is 5.32 Å². The number of benzene rings is 1. The van der Waals surface area contributed by atoms with Gasteiger partial charge < -0.3 is 5.32 Å². The van der Waals surface area contributed by atoms with Gasteiger partial charge in [-0.3, -0.25) is 0 Å². The van der Waals surface area contributed by atoms with E-state index in [1.807, 2.05) is 16.9 Å². The van der Waals surface area contributed by atoms with E-state index < -0.39 is 0 Å². The first-order valence-electron chi connectivity index (χ1n) is 7.43. The fraction of sp³-hybridized carbons (Fsp3) is 0.529. The molecule has 0 spiro atoms. The lowest BCUT2D eigenvalue weighted by Crippen LogP contribution is -2.35. The molecular formula is C17H26N4. The molecule has 0 saturated carbocycles. The fourth-order valence-corrected chi connectivity index (χ4v) is 2.23. The normalized spacial score (nSPS) is 12.7. The zero-order valence-electron chi connectivity index (χ0n) is 13.9. The molecule has 1 heterocycles. The summed E-state index contributed by atoms with van der Waals surface area (Å²) in [4.78, 5) is 0. The van der Waals surface area contributed by atoms with Gasteiger partial charge in [-0.15, -0.1) is 5.10 Å². The topological polar surface area (TPSA) is 42.7 Å². The standard InChI is InChI=1S/C17H26N4/c1-16(2,3)14-9-7-8-10-15(14)21-13(12-19-20-21)11-18-17(4,5)6/h7-10,12,18H,11H2,1-6H3. The Hall–Kier alpha value is -1.68. The zero-order chi connectivity index (χ0) is 15.7. The maximum absolute atomic E-state index is 4.29. The van der Waals surface area contributed by atoms with Crippen LogP contribution in [-0.4, -0.2) is 20.5 Å². The minimum Gasteiger partial charge on any atom is -0.306 e. The lowest BCUT2D eigenvalue weighted by molar-refractivity contribution is 0.418. The molecule has 4 nitrogen and oxygen atoms in total. The summed E-state index contributed by atoms with van der Waals surface area (Å²) >= 11 is 0. The predicted octanol–water partition coefficient (Wildman–Crippen LogP) is 3.45. The first kappa shape index (κ1) is 15.7. The third kappa shape index (κ3) is 3.91. The van der Waals surface area contributed by atoms with Gasteiger partial charge in [0.1, 0.15) is 0 Å². The van der Waals surface area contributed by atoms with Crippen molar-refractivity contribution in [3.63, 3.8) is 0 Å². The number of nitrogens with one attached hydrogen (secondary N) is 1. The number of aromatic nitrogens is 3. The first-order chi connectivity index (χ1) is 9.68. The zero-order valence-corrected chi connectivity index (χ0v) is 13.9. The second-order valence-corrected chi connectivity index (χ2v) is 7.51. The maximum Gasteiger partial charge on any atom is 0.0783 e. The Bertz CT molecular complexity index is 600. The quantitative estimate of drug-likeness (QED) is 0.939. The third-order valence-corrected chi connectivity index (χ3v) is 3.36. The van der Waals surface area contributed by atoms with Crippen LogP contribution >= 0.6 is 0 Å². The number of hydrogen-bond donors (Lipinski definition) is 1. The van der Waals surface area contributed by atoms with Crippen molar-refractivity contribution in [2.75, 3.05) is 0 Å². The number of hydrogen-bond acceptors (Lipinski definition) is 3. The molecule has 2 rings (SSSR count). The van der Waals surface area contributed by atoms with E-state index in [0.717, 1.165) is 17.9 Å². The van der Waals surface area contributed by atoms with Crippen LogP contribution in [-0.2, 0) is 12.0 Å². The molecule has 114 valence electrons. The van der Waals surface area contributed by atoms with Crippen molar-refractivity contribution in [2.45, 2.75) is 59.0 Å². The van der Waals surface area contributed by atoms with Gasteiger partial charge in [-0.1, -0.05) is 44.2 Å². The lowest BCUT2D eigenvalue weighted by Gasteiger charge is -2.24. The van der Waals surface area contributed by atoms with Crippen LogP contribution in [0.1, 0.15) is 52.8 Å². The van der Waals surface area contributed by atoms with Crippen LogP contribution in [0.25, 0.3) is 5.69 Å². The second-order valence-electron chi connectivity index (χ2n) is 7.51. The number of rotatable bonds is 3. The van der Waals surface area contributed by atoms with Gasteiger partial charge in [-0.2, -0.15) is 0 Å². The van der Waals surface area contributed by atoms with Gasteiger partial charge in [-0.05, 0) is 37.8 Å². The molecule has 1 N–H and O–H groups in total. The van der Waals surface area contributed by atoms with Crippen LogP contribution in [0.2, 0.25) is 0 Å². The van der Waals surface area contributed by atoms with Gasteiger partial charge in [-0.25, -0.2) is 4.68 Å². The lowest BCUT2D eigenvalue weighted by atomic mass is 9.86. The van der Waals surface area contributed by atoms with E-state index in [-0.39, 0.29) is 11.0 Å². The molecule has 0 unspecified atom stereocenters. The highest BCUT2D eigenvalue weighted by atomic mass is 15.4. The summed E-state index contributed by atoms with van der Waals surface area (Å²) in [5.74, 6) is 0. The van der Waals surface area contributed by atoms with Gasteiger partial charge in [0.15, 0.2) is 0 Å². The minimum atomic E-state index is 0.0667. The highest BCUT2D eigenvalue weighted by Crippen LogP contribution is 2.28. The minimum absolute atomic E-state index is 0.0667. The van der Waals surface area contributed by atoms with Crippen molar-refractivity contribution < 1.29 is 0 Å². The Balaban J connectivity index is 2.38. The Morgan fingerprint density at radius 2 is 1.71 bits per heavy atom. The van der Waals surface area contributed by atoms with Crippen LogP contribution in [0, 0.1) is 0 Å². The Kier molecular flexibility index (Phi) is 4.19. The van der Waals surface area contributed by atoms with Gasteiger partial charge in [0.2, 0.25) is 0 Å². The third-order valence-electron chi connectivity index (χ3n) is 3.36. The van der Waals surface area contributed by atoms with Crippen LogP contribution in [0.5, 0.6) is 0 Å². The number of para-hydroxylation sites is 1. The van der Waals surface area contributed by atoms with Gasteiger partial charge in [0.25, 0.3) is 0 Å².